The molecule has 1 aromatic rings. The molecule has 0 bridgehead atoms. The topological polar surface area (TPSA) is 99.6 Å². The standard InChI is InChI=1S/C15H23N3O3/c1-10(18-15(19)12(17)3-2-6-16)7-11-4-5-13-14(8-11)21-9-20-13/h4-5,8,10,12H,2-3,6-7,9,16-17H2,1H3,(H,18,19)/t10-,12?/m1/s1. The second-order valence-corrected chi connectivity index (χ2v) is 5.34. The fraction of sp³-hybridized carbons (Fsp3) is 0.533. The number of nitrogens with one attached hydrogen (secondary N) is 1. The average Bonchev–Trinajstić information content (AvgIpc) is 2.91. The van der Waals surface area contributed by atoms with E-state index in [0.29, 0.717) is 19.4 Å². The van der Waals surface area contributed by atoms with Crippen molar-refractivity contribution < 1.29 is 14.3 Å². The van der Waals surface area contributed by atoms with Crippen LogP contribution in [-0.4, -0.2) is 31.3 Å². The monoisotopic (exact) mass is 293 g/mol. The van der Waals surface area contributed by atoms with Crippen molar-refractivity contribution >= 4 is 5.91 Å². The molecule has 0 radical (unpaired) electrons. The van der Waals surface area contributed by atoms with Gasteiger partial charge in [0.05, 0.1) is 6.04 Å². The molecule has 0 saturated carbocycles. The van der Waals surface area contributed by atoms with Gasteiger partial charge in [-0.05, 0) is 50.4 Å². The third-order valence-corrected chi connectivity index (χ3v) is 3.42. The van der Waals surface area contributed by atoms with Gasteiger partial charge in [-0.3, -0.25) is 4.79 Å². The van der Waals surface area contributed by atoms with Crippen LogP contribution in [0.5, 0.6) is 11.5 Å². The van der Waals surface area contributed by atoms with Crippen LogP contribution in [0.4, 0.5) is 0 Å². The lowest BCUT2D eigenvalue weighted by molar-refractivity contribution is -0.123. The lowest BCUT2D eigenvalue weighted by atomic mass is 10.1. The maximum absolute atomic E-state index is 11.9. The molecule has 6 nitrogen and oxygen atoms in total. The highest BCUT2D eigenvalue weighted by Gasteiger charge is 2.17. The molecule has 0 aromatic heterocycles. The third kappa shape index (κ3) is 4.34. The molecule has 2 atom stereocenters. The van der Waals surface area contributed by atoms with E-state index in [9.17, 15) is 4.79 Å². The summed E-state index contributed by atoms with van der Waals surface area (Å²) in [5, 5.41) is 2.93. The Kier molecular flexibility index (Phi) is 5.41. The smallest absolute Gasteiger partial charge is 0.237 e. The molecule has 1 unspecified atom stereocenters. The van der Waals surface area contributed by atoms with Crippen molar-refractivity contribution in [3.05, 3.63) is 23.8 Å². The van der Waals surface area contributed by atoms with E-state index in [-0.39, 0.29) is 18.7 Å². The highest BCUT2D eigenvalue weighted by atomic mass is 16.7. The number of ether oxygens (including phenoxy) is 2. The second-order valence-electron chi connectivity index (χ2n) is 5.34. The maximum Gasteiger partial charge on any atom is 0.237 e. The summed E-state index contributed by atoms with van der Waals surface area (Å²) >= 11 is 0. The Morgan fingerprint density at radius 2 is 2.14 bits per heavy atom. The van der Waals surface area contributed by atoms with Gasteiger partial charge < -0.3 is 26.3 Å². The summed E-state index contributed by atoms with van der Waals surface area (Å²) in [5.74, 6) is 1.39. The number of amides is 1. The van der Waals surface area contributed by atoms with Crippen LogP contribution < -0.4 is 26.3 Å². The number of hydrogen-bond donors (Lipinski definition) is 3. The van der Waals surface area contributed by atoms with Gasteiger partial charge in [0, 0.05) is 6.04 Å². The molecule has 1 amide bonds. The van der Waals surface area contributed by atoms with Crippen molar-refractivity contribution in [3.63, 3.8) is 0 Å². The van der Waals surface area contributed by atoms with Crippen LogP contribution in [0, 0.1) is 0 Å². The van der Waals surface area contributed by atoms with Crippen molar-refractivity contribution in [3.8, 4) is 11.5 Å². The van der Waals surface area contributed by atoms with Crippen molar-refractivity contribution in [1.82, 2.24) is 5.32 Å². The zero-order valence-corrected chi connectivity index (χ0v) is 12.3. The van der Waals surface area contributed by atoms with E-state index in [1.165, 1.54) is 0 Å². The molecule has 1 aromatic carbocycles. The summed E-state index contributed by atoms with van der Waals surface area (Å²) < 4.78 is 10.6. The van der Waals surface area contributed by atoms with Gasteiger partial charge in [-0.2, -0.15) is 0 Å². The fourth-order valence-electron chi connectivity index (χ4n) is 2.29. The first-order valence-electron chi connectivity index (χ1n) is 7.24. The van der Waals surface area contributed by atoms with E-state index in [1.807, 2.05) is 25.1 Å². The van der Waals surface area contributed by atoms with Crippen LogP contribution in [0.25, 0.3) is 0 Å². The van der Waals surface area contributed by atoms with E-state index in [2.05, 4.69) is 5.32 Å². The lowest BCUT2D eigenvalue weighted by Gasteiger charge is -2.17. The molecular weight excluding hydrogens is 270 g/mol. The number of benzene rings is 1. The Morgan fingerprint density at radius 1 is 1.38 bits per heavy atom. The zero-order chi connectivity index (χ0) is 15.2. The van der Waals surface area contributed by atoms with Crippen LogP contribution in [-0.2, 0) is 11.2 Å². The first-order valence-corrected chi connectivity index (χ1v) is 7.24. The Balaban J connectivity index is 1.84. The normalized spacial score (nSPS) is 15.6. The molecule has 0 aliphatic carbocycles. The van der Waals surface area contributed by atoms with E-state index in [0.717, 1.165) is 23.5 Å². The van der Waals surface area contributed by atoms with Crippen molar-refractivity contribution in [2.45, 2.75) is 38.3 Å². The Hall–Kier alpha value is -1.79. The van der Waals surface area contributed by atoms with E-state index < -0.39 is 6.04 Å². The lowest BCUT2D eigenvalue weighted by Crippen LogP contribution is -2.45. The van der Waals surface area contributed by atoms with Gasteiger partial charge in [-0.1, -0.05) is 6.07 Å². The number of carbonyl (C=O) groups excluding carboxylic acids is 1. The summed E-state index contributed by atoms with van der Waals surface area (Å²) in [6.45, 7) is 2.77. The summed E-state index contributed by atoms with van der Waals surface area (Å²) in [6, 6.07) is 5.32. The summed E-state index contributed by atoms with van der Waals surface area (Å²) in [5.41, 5.74) is 12.3. The van der Waals surface area contributed by atoms with Gasteiger partial charge in [-0.25, -0.2) is 0 Å². The van der Waals surface area contributed by atoms with Crippen LogP contribution in [0.15, 0.2) is 18.2 Å². The molecule has 1 heterocycles. The number of hydrogen-bond acceptors (Lipinski definition) is 5. The Bertz CT molecular complexity index is 493. The highest BCUT2D eigenvalue weighted by molar-refractivity contribution is 5.81. The molecule has 116 valence electrons. The number of carbonyl (C=O) groups is 1. The predicted molar refractivity (Wildman–Crippen MR) is 80.1 cm³/mol. The minimum absolute atomic E-state index is 0.00166. The van der Waals surface area contributed by atoms with Gasteiger partial charge >= 0.3 is 0 Å². The SMILES string of the molecule is C[C@H](Cc1ccc2c(c1)OCO2)NC(=O)C(N)CCCN. The third-order valence-electron chi connectivity index (χ3n) is 3.42. The van der Waals surface area contributed by atoms with E-state index in [4.69, 9.17) is 20.9 Å². The highest BCUT2D eigenvalue weighted by Crippen LogP contribution is 2.32. The Labute approximate surface area is 124 Å². The molecule has 0 saturated heterocycles. The molecule has 1 aliphatic heterocycles. The minimum Gasteiger partial charge on any atom is -0.454 e. The second kappa shape index (κ2) is 7.28. The van der Waals surface area contributed by atoms with Crippen LogP contribution in [0.3, 0.4) is 0 Å². The quantitative estimate of drug-likeness (QED) is 0.681. The summed E-state index contributed by atoms with van der Waals surface area (Å²) in [6.07, 6.45) is 2.08. The fourth-order valence-corrected chi connectivity index (χ4v) is 2.29. The van der Waals surface area contributed by atoms with Crippen molar-refractivity contribution in [2.24, 2.45) is 11.5 Å². The largest absolute Gasteiger partial charge is 0.454 e. The van der Waals surface area contributed by atoms with Crippen molar-refractivity contribution in [1.29, 1.82) is 0 Å². The maximum atomic E-state index is 11.9. The van der Waals surface area contributed by atoms with E-state index in [1.54, 1.807) is 0 Å². The molecule has 0 fully saturated rings. The number of fused-ring (bicyclic) bond motifs is 1. The van der Waals surface area contributed by atoms with Gasteiger partial charge in [0.1, 0.15) is 0 Å². The first kappa shape index (κ1) is 15.6. The minimum atomic E-state index is -0.493. The Morgan fingerprint density at radius 3 is 2.90 bits per heavy atom. The van der Waals surface area contributed by atoms with Crippen molar-refractivity contribution in [2.75, 3.05) is 13.3 Å². The van der Waals surface area contributed by atoms with Crippen LogP contribution in [0.1, 0.15) is 25.3 Å². The first-order chi connectivity index (χ1) is 10.1. The molecule has 1 aliphatic rings. The van der Waals surface area contributed by atoms with Crippen LogP contribution in [0.2, 0.25) is 0 Å². The predicted octanol–water partition coefficient (Wildman–Crippen LogP) is 0.529. The number of rotatable bonds is 7. The van der Waals surface area contributed by atoms with Crippen LogP contribution >= 0.6 is 0 Å². The summed E-state index contributed by atoms with van der Waals surface area (Å²) in [4.78, 5) is 11.9. The zero-order valence-electron chi connectivity index (χ0n) is 12.3. The molecule has 21 heavy (non-hydrogen) atoms. The van der Waals surface area contributed by atoms with Gasteiger partial charge in [-0.15, -0.1) is 0 Å². The summed E-state index contributed by atoms with van der Waals surface area (Å²) in [7, 11) is 0. The van der Waals surface area contributed by atoms with Gasteiger partial charge in [0.2, 0.25) is 12.7 Å². The molecular formula is C15H23N3O3. The molecule has 0 spiro atoms. The van der Waals surface area contributed by atoms with Gasteiger partial charge in [0.15, 0.2) is 11.5 Å². The van der Waals surface area contributed by atoms with E-state index >= 15 is 0 Å². The molecule has 5 N–H and O–H groups in total. The molecule has 2 rings (SSSR count). The average molecular weight is 293 g/mol. The molecule has 6 heteroatoms. The van der Waals surface area contributed by atoms with Gasteiger partial charge in [0.25, 0.3) is 0 Å². The number of nitrogens with two attached hydrogens (primary N) is 2.